The van der Waals surface area contributed by atoms with Crippen molar-refractivity contribution in [2.45, 2.75) is 81.0 Å². The van der Waals surface area contributed by atoms with Crippen molar-refractivity contribution in [3.05, 3.63) is 92.3 Å². The van der Waals surface area contributed by atoms with E-state index in [1.165, 1.54) is 30.5 Å². The van der Waals surface area contributed by atoms with Gasteiger partial charge in [0, 0.05) is 55.5 Å². The SMILES string of the molecule is CN1c2c(nc(N)[nH]c2=O)NC[C@@H]1CNc1ccc(C(=O)NC(CCC(=O)O)C(=O)O)cc1.N[C@H]1C(O)O[C@H](CO)[C@@H](O)[C@@H]1O.Nc1nc2ncc(CNc3ccc(C(=O)NC(CCC(=O)O)C(=O)O)cc3)nc2c(=O)[nH]1. The summed E-state index contributed by atoms with van der Waals surface area (Å²) in [5.74, 6) is -5.75. The number of aromatic amines is 2. The largest absolute Gasteiger partial charge is 0.481 e. The number of nitrogens with two attached hydrogens (primary N) is 3. The summed E-state index contributed by atoms with van der Waals surface area (Å²) in [6.45, 7) is 0.769. The van der Waals surface area contributed by atoms with E-state index in [1.54, 1.807) is 31.3 Å². The minimum atomic E-state index is -1.35. The first kappa shape index (κ1) is 58.8. The van der Waals surface area contributed by atoms with E-state index < -0.39 is 90.6 Å². The van der Waals surface area contributed by atoms with Gasteiger partial charge in [-0.15, -0.1) is 0 Å². The van der Waals surface area contributed by atoms with Crippen LogP contribution in [0.2, 0.25) is 0 Å². The molecule has 7 rings (SSSR count). The number of carboxylic acid groups (broad SMARTS) is 4. The Labute approximate surface area is 433 Å². The Morgan fingerprint density at radius 1 is 0.753 bits per heavy atom. The lowest BCUT2D eigenvalue weighted by Crippen LogP contribution is -2.61. The van der Waals surface area contributed by atoms with E-state index in [9.17, 15) is 53.7 Å². The molecule has 2 amide bonds. The Hall–Kier alpha value is -9.08. The first-order valence-electron chi connectivity index (χ1n) is 23.1. The number of carbonyl (C=O) groups is 6. The van der Waals surface area contributed by atoms with Gasteiger partial charge >= 0.3 is 23.9 Å². The lowest BCUT2D eigenvalue weighted by atomic mass is 9.98. The number of amides is 2. The molecule has 2 aromatic carbocycles. The molecule has 2 aliphatic rings. The van der Waals surface area contributed by atoms with Gasteiger partial charge in [0.1, 0.15) is 36.1 Å². The number of aliphatic carboxylic acids is 4. The van der Waals surface area contributed by atoms with Crippen molar-refractivity contribution in [1.82, 2.24) is 40.5 Å². The summed E-state index contributed by atoms with van der Waals surface area (Å²) >= 11 is 0. The molecule has 5 heterocycles. The molecule has 2 aliphatic heterocycles. The maximum absolute atomic E-state index is 12.3. The first-order valence-corrected chi connectivity index (χ1v) is 23.1. The summed E-state index contributed by atoms with van der Waals surface area (Å²) in [6.07, 6.45) is -4.60. The molecule has 1 saturated heterocycles. The van der Waals surface area contributed by atoms with Gasteiger partial charge in [-0.25, -0.2) is 19.6 Å². The van der Waals surface area contributed by atoms with Crippen molar-refractivity contribution in [3.63, 3.8) is 0 Å². The lowest BCUT2D eigenvalue weighted by Gasteiger charge is -2.38. The topological polar surface area (TPSA) is 532 Å². The number of likely N-dealkylation sites (N-methyl/N-ethyl adjacent to an activating group) is 1. The number of fused-ring (bicyclic) bond motifs is 2. The molecule has 0 aliphatic carbocycles. The Bertz CT molecular complexity index is 3010. The van der Waals surface area contributed by atoms with Crippen LogP contribution >= 0.6 is 0 Å². The molecule has 0 saturated carbocycles. The smallest absolute Gasteiger partial charge is 0.326 e. The van der Waals surface area contributed by atoms with Gasteiger partial charge in [-0.3, -0.25) is 38.7 Å². The van der Waals surface area contributed by atoms with Crippen molar-refractivity contribution in [2.24, 2.45) is 5.73 Å². The third-order valence-electron chi connectivity index (χ3n) is 11.6. The number of hydrogen-bond donors (Lipinski definition) is 18. The van der Waals surface area contributed by atoms with Crippen molar-refractivity contribution in [1.29, 1.82) is 0 Å². The predicted octanol–water partition coefficient (Wildman–Crippen LogP) is -3.56. The van der Waals surface area contributed by atoms with Gasteiger partial charge in [-0.05, 0) is 61.4 Å². The summed E-state index contributed by atoms with van der Waals surface area (Å²) in [5, 5.41) is 85.8. The van der Waals surface area contributed by atoms with E-state index in [4.69, 9.17) is 47.5 Å². The third-order valence-corrected chi connectivity index (χ3v) is 11.6. The Morgan fingerprint density at radius 2 is 1.27 bits per heavy atom. The average molecular weight is 1080 g/mol. The number of ether oxygens (including phenoxy) is 1. The summed E-state index contributed by atoms with van der Waals surface area (Å²) in [4.78, 5) is 115. The fourth-order valence-corrected chi connectivity index (χ4v) is 7.29. The van der Waals surface area contributed by atoms with Gasteiger partial charge in [-0.2, -0.15) is 9.97 Å². The number of carboxylic acids is 4. The van der Waals surface area contributed by atoms with E-state index in [2.05, 4.69) is 56.5 Å². The predicted molar refractivity (Wildman–Crippen MR) is 270 cm³/mol. The number of nitrogens with zero attached hydrogens (tertiary/aromatic N) is 5. The van der Waals surface area contributed by atoms with Gasteiger partial charge in [0.2, 0.25) is 11.9 Å². The second-order valence-corrected chi connectivity index (χ2v) is 17.1. The maximum Gasteiger partial charge on any atom is 0.326 e. The first-order chi connectivity index (χ1) is 36.4. The zero-order chi connectivity index (χ0) is 56.7. The van der Waals surface area contributed by atoms with Crippen LogP contribution in [0.1, 0.15) is 52.1 Å². The molecule has 0 spiro atoms. The molecule has 5 aromatic rings. The van der Waals surface area contributed by atoms with Gasteiger partial charge in [0.15, 0.2) is 23.3 Å². The van der Waals surface area contributed by atoms with Crippen LogP contribution in [0.5, 0.6) is 0 Å². The highest BCUT2D eigenvalue weighted by atomic mass is 16.6. The fraction of sp³-hybridized carbons (Fsp3) is 0.378. The molecule has 3 unspecified atom stereocenters. The van der Waals surface area contributed by atoms with Crippen LogP contribution < -0.4 is 59.8 Å². The van der Waals surface area contributed by atoms with E-state index in [1.807, 2.05) is 4.90 Å². The quantitative estimate of drug-likeness (QED) is 0.0380. The molecule has 0 bridgehead atoms. The molecule has 1 fully saturated rings. The van der Waals surface area contributed by atoms with E-state index in [0.29, 0.717) is 36.0 Å². The Kier molecular flexibility index (Phi) is 20.6. The van der Waals surface area contributed by atoms with Crippen molar-refractivity contribution >= 4 is 81.6 Å². The number of hydrogen-bond acceptors (Lipinski definition) is 24. The van der Waals surface area contributed by atoms with Crippen LogP contribution in [0.3, 0.4) is 0 Å². The number of nitrogens with one attached hydrogen (secondary N) is 7. The zero-order valence-corrected chi connectivity index (χ0v) is 40.7. The van der Waals surface area contributed by atoms with Crippen LogP contribution in [0, 0.1) is 0 Å². The van der Waals surface area contributed by atoms with Gasteiger partial charge in [-0.1, -0.05) is 0 Å². The number of carbonyl (C=O) groups excluding carboxylic acids is 2. The highest BCUT2D eigenvalue weighted by molar-refractivity contribution is 5.97. The van der Waals surface area contributed by atoms with Crippen LogP contribution in [0.4, 0.5) is 34.8 Å². The molecule has 8 atom stereocenters. The fourth-order valence-electron chi connectivity index (χ4n) is 7.29. The minimum absolute atomic E-state index is 0.0388. The monoisotopic (exact) mass is 1080 g/mol. The average Bonchev–Trinajstić information content (AvgIpc) is 3.39. The second kappa shape index (κ2) is 26.9. The Balaban J connectivity index is 0.000000234. The molecule has 32 heteroatoms. The number of aliphatic hydroxyl groups excluding tert-OH is 4. The number of anilines is 6. The molecule has 32 nitrogen and oxygen atoms in total. The standard InChI is InChI=1S/C20H25N7O6.C19H19N7O6.C6H13NO5/c1-27-12(9-23-16-15(27)18(31)26-20(21)25-16)8-22-11-4-2-10(3-5-11)17(30)24-13(19(32)33)6-7-14(28)29;20-19-25-15-14(17(30)26-19)23-11(8-22-15)7-21-10-3-1-9(2-4-10)16(29)24-12(18(31)32)5-6-13(27)28;7-3-5(10)4(9)2(1-8)12-6(3)11/h2-5,12-13,22H,6-9H2,1H3,(H,24,30)(H,28,29)(H,32,33)(H4,21,23,25,26,31);1-4,8,12,21H,5-7H2,(H,24,29)(H,27,28)(H,31,32)(H3,20,22,25,26,30);2-6,8-11H,1,7H2/t12-,13?;;2-,3-,4-,5-,6?/m0.1/s1. The number of rotatable bonds is 19. The number of aliphatic hydroxyl groups is 4. The molecular weight excluding hydrogens is 1020 g/mol. The Morgan fingerprint density at radius 3 is 1.79 bits per heavy atom. The van der Waals surface area contributed by atoms with Crippen molar-refractivity contribution in [2.75, 3.05) is 59.1 Å². The second-order valence-electron chi connectivity index (χ2n) is 17.1. The number of nitrogen functional groups attached to an aromatic ring is 2. The maximum atomic E-state index is 12.3. The van der Waals surface area contributed by atoms with Crippen LogP contribution in [-0.4, -0.2) is 182 Å². The summed E-state index contributed by atoms with van der Waals surface area (Å²) in [5.41, 5.74) is 18.3. The molecule has 21 N–H and O–H groups in total. The zero-order valence-electron chi connectivity index (χ0n) is 40.7. The van der Waals surface area contributed by atoms with Crippen molar-refractivity contribution < 1.29 is 74.4 Å². The van der Waals surface area contributed by atoms with Gasteiger partial charge in [0.05, 0.1) is 37.1 Å². The van der Waals surface area contributed by atoms with Crippen LogP contribution in [0.25, 0.3) is 11.2 Å². The summed E-state index contributed by atoms with van der Waals surface area (Å²) in [7, 11) is 1.79. The highest BCUT2D eigenvalue weighted by Crippen LogP contribution is 2.25. The highest BCUT2D eigenvalue weighted by Gasteiger charge is 2.41. The van der Waals surface area contributed by atoms with E-state index in [0.717, 1.165) is 5.69 Å². The summed E-state index contributed by atoms with van der Waals surface area (Å²) in [6, 6.07) is 8.85. The van der Waals surface area contributed by atoms with E-state index >= 15 is 0 Å². The number of H-pyrrole nitrogens is 2. The van der Waals surface area contributed by atoms with Crippen LogP contribution in [0.15, 0.2) is 64.3 Å². The third kappa shape index (κ3) is 16.5. The molecule has 3 aromatic heterocycles. The molecule has 77 heavy (non-hydrogen) atoms. The molecule has 414 valence electrons. The lowest BCUT2D eigenvalue weighted by molar-refractivity contribution is -0.248. The molecule has 0 radical (unpaired) electrons. The van der Waals surface area contributed by atoms with Crippen LogP contribution in [-0.2, 0) is 30.5 Å². The number of benzene rings is 2. The van der Waals surface area contributed by atoms with Gasteiger partial charge in [0.25, 0.3) is 22.9 Å². The van der Waals surface area contributed by atoms with E-state index in [-0.39, 0.29) is 78.0 Å². The van der Waals surface area contributed by atoms with Gasteiger partial charge < -0.3 is 94.3 Å². The van der Waals surface area contributed by atoms with Crippen molar-refractivity contribution in [3.8, 4) is 0 Å². The molecular formula is C45H57N15O17. The normalized spacial score (nSPS) is 19.2. The number of aromatic nitrogens is 6. The minimum Gasteiger partial charge on any atom is -0.481 e. The summed E-state index contributed by atoms with van der Waals surface area (Å²) < 4.78 is 4.70.